The SMILES string of the molecule is C[B]c1cc(C=CC#N)cc(Br)c1Oc1ccc([N+](C)=O)c(Nc2ccc(C#N)cc2)n1. The highest BCUT2D eigenvalue weighted by Crippen LogP contribution is 2.32. The van der Waals surface area contributed by atoms with Crippen LogP contribution in [0.5, 0.6) is 11.6 Å². The first-order chi connectivity index (χ1) is 15.4. The number of allylic oxidation sites excluding steroid dienone is 1. The number of benzene rings is 2. The molecule has 3 rings (SSSR count). The van der Waals surface area contributed by atoms with Gasteiger partial charge in [-0.3, -0.25) is 0 Å². The summed E-state index contributed by atoms with van der Waals surface area (Å²) in [7, 11) is 3.27. The molecule has 7 nitrogen and oxygen atoms in total. The summed E-state index contributed by atoms with van der Waals surface area (Å²) in [6.45, 7) is 1.88. The molecule has 0 fully saturated rings. The Labute approximate surface area is 194 Å². The second kappa shape index (κ2) is 10.4. The van der Waals surface area contributed by atoms with E-state index in [9.17, 15) is 4.91 Å². The van der Waals surface area contributed by atoms with E-state index in [1.165, 1.54) is 13.1 Å². The lowest BCUT2D eigenvalue weighted by Gasteiger charge is -2.14. The van der Waals surface area contributed by atoms with Crippen molar-refractivity contribution in [2.24, 2.45) is 0 Å². The lowest BCUT2D eigenvalue weighted by molar-refractivity contribution is -0.427. The molecule has 1 heterocycles. The number of nitriles is 2. The van der Waals surface area contributed by atoms with Gasteiger partial charge in [0, 0.05) is 33.6 Å². The summed E-state index contributed by atoms with van der Waals surface area (Å²) in [4.78, 5) is 16.5. The second-order valence-corrected chi connectivity index (χ2v) is 7.46. The van der Waals surface area contributed by atoms with Crippen LogP contribution in [0.3, 0.4) is 0 Å². The molecule has 0 aliphatic rings. The molecule has 32 heavy (non-hydrogen) atoms. The van der Waals surface area contributed by atoms with Gasteiger partial charge in [0.2, 0.25) is 11.7 Å². The van der Waals surface area contributed by atoms with Crippen molar-refractivity contribution >= 4 is 51.9 Å². The highest BCUT2D eigenvalue weighted by Gasteiger charge is 2.19. The van der Waals surface area contributed by atoms with E-state index < -0.39 is 0 Å². The molecule has 0 atom stereocenters. The van der Waals surface area contributed by atoms with Gasteiger partial charge in [-0.15, -0.1) is 0 Å². The van der Waals surface area contributed by atoms with Crippen molar-refractivity contribution in [2.75, 3.05) is 12.4 Å². The summed E-state index contributed by atoms with van der Waals surface area (Å²) in [6.07, 6.45) is 3.11. The van der Waals surface area contributed by atoms with Crippen molar-refractivity contribution in [1.82, 2.24) is 4.98 Å². The lowest BCUT2D eigenvalue weighted by atomic mass is 9.72. The molecule has 1 radical (unpaired) electrons. The van der Waals surface area contributed by atoms with Crippen LogP contribution in [-0.2, 0) is 0 Å². The van der Waals surface area contributed by atoms with Crippen molar-refractivity contribution in [3.63, 3.8) is 0 Å². The van der Waals surface area contributed by atoms with E-state index in [1.54, 1.807) is 42.5 Å². The Balaban J connectivity index is 1.96. The van der Waals surface area contributed by atoms with Crippen molar-refractivity contribution in [2.45, 2.75) is 6.82 Å². The maximum absolute atomic E-state index is 12.0. The summed E-state index contributed by atoms with van der Waals surface area (Å²) < 4.78 is 7.46. The monoisotopic (exact) mass is 485 g/mol. The number of hydrogen-bond donors (Lipinski definition) is 1. The van der Waals surface area contributed by atoms with Gasteiger partial charge in [0.1, 0.15) is 5.75 Å². The Bertz CT molecular complexity index is 1280. The number of ether oxygens (including phenoxy) is 1. The van der Waals surface area contributed by atoms with Gasteiger partial charge in [-0.2, -0.15) is 15.5 Å². The van der Waals surface area contributed by atoms with Crippen LogP contribution in [0.15, 0.2) is 59.1 Å². The number of halogens is 1. The highest BCUT2D eigenvalue weighted by molar-refractivity contribution is 9.10. The molecule has 1 N–H and O–H groups in total. The number of nitrogens with zero attached hydrogens (tertiary/aromatic N) is 4. The van der Waals surface area contributed by atoms with E-state index in [0.717, 1.165) is 11.0 Å². The van der Waals surface area contributed by atoms with Gasteiger partial charge in [-0.05, 0) is 63.4 Å². The molecule has 0 aliphatic heterocycles. The number of hydrogen-bond acceptors (Lipinski definition) is 6. The topological polar surface area (TPSA) is 102 Å². The van der Waals surface area contributed by atoms with Gasteiger partial charge in [0.15, 0.2) is 14.3 Å². The molecule has 0 saturated heterocycles. The van der Waals surface area contributed by atoms with Crippen LogP contribution in [0.4, 0.5) is 17.2 Å². The number of pyridine rings is 1. The van der Waals surface area contributed by atoms with Gasteiger partial charge >= 0.3 is 0 Å². The smallest absolute Gasteiger partial charge is 0.298 e. The van der Waals surface area contributed by atoms with Gasteiger partial charge in [-0.25, -0.2) is 0 Å². The predicted molar refractivity (Wildman–Crippen MR) is 128 cm³/mol. The fraction of sp³-hybridized carbons (Fsp3) is 0.0870. The van der Waals surface area contributed by atoms with Crippen molar-refractivity contribution < 1.29 is 9.50 Å². The molecular formula is C23H17BBrN5O2+. The molecule has 1 aromatic heterocycles. The normalized spacial score (nSPS) is 10.3. The lowest BCUT2D eigenvalue weighted by Crippen LogP contribution is -2.15. The van der Waals surface area contributed by atoms with E-state index >= 15 is 0 Å². The maximum Gasteiger partial charge on any atom is 0.298 e. The first-order valence-corrected chi connectivity index (χ1v) is 10.3. The average molecular weight is 486 g/mol. The minimum absolute atomic E-state index is 0.288. The standard InChI is InChI=1S/C23H17BBrN5O2/c1-24-18-12-16(4-3-11-26)13-19(25)22(18)32-21-10-9-20(30(2)31)23(29-21)28-17-7-5-15(14-27)6-8-17/h3-10,12-13H,1-2H3,(H,28,29)/q+1. The molecular weight excluding hydrogens is 469 g/mol. The number of aromatic nitrogens is 1. The number of anilines is 2. The Morgan fingerprint density at radius 1 is 1.19 bits per heavy atom. The second-order valence-electron chi connectivity index (χ2n) is 6.60. The first kappa shape index (κ1) is 22.7. The Morgan fingerprint density at radius 2 is 1.94 bits per heavy atom. The number of rotatable bonds is 7. The molecule has 2 aromatic carbocycles. The van der Waals surface area contributed by atoms with Crippen LogP contribution in [-0.4, -0.2) is 24.1 Å². The fourth-order valence-electron chi connectivity index (χ4n) is 2.89. The third kappa shape index (κ3) is 5.40. The van der Waals surface area contributed by atoms with Gasteiger partial charge in [0.25, 0.3) is 5.69 Å². The molecule has 0 amide bonds. The van der Waals surface area contributed by atoms with Crippen LogP contribution in [0.25, 0.3) is 6.08 Å². The quantitative estimate of drug-likeness (QED) is 0.280. The molecule has 0 bridgehead atoms. The molecule has 0 unspecified atom stereocenters. The van der Waals surface area contributed by atoms with Crippen LogP contribution in [0.2, 0.25) is 6.82 Å². The van der Waals surface area contributed by atoms with Crippen molar-refractivity contribution in [3.05, 3.63) is 75.1 Å². The summed E-state index contributed by atoms with van der Waals surface area (Å²) >= 11 is 3.52. The van der Waals surface area contributed by atoms with E-state index in [-0.39, 0.29) is 5.88 Å². The predicted octanol–water partition coefficient (Wildman–Crippen LogP) is 5.21. The molecule has 0 spiro atoms. The minimum Gasteiger partial charge on any atom is -0.438 e. The van der Waals surface area contributed by atoms with Crippen molar-refractivity contribution in [3.8, 4) is 23.8 Å². The summed E-state index contributed by atoms with van der Waals surface area (Å²) in [6, 6.07) is 17.8. The van der Waals surface area contributed by atoms with Crippen LogP contribution >= 0.6 is 15.9 Å². The third-order valence-electron chi connectivity index (χ3n) is 4.43. The largest absolute Gasteiger partial charge is 0.438 e. The summed E-state index contributed by atoms with van der Waals surface area (Å²) in [5.74, 6) is 1.16. The zero-order valence-corrected chi connectivity index (χ0v) is 18.9. The highest BCUT2D eigenvalue weighted by atomic mass is 79.9. The minimum atomic E-state index is 0.288. The van der Waals surface area contributed by atoms with E-state index in [2.05, 4.69) is 32.3 Å². The zero-order chi connectivity index (χ0) is 23.1. The third-order valence-corrected chi connectivity index (χ3v) is 5.02. The zero-order valence-electron chi connectivity index (χ0n) is 17.3. The molecule has 155 valence electrons. The maximum atomic E-state index is 12.0. The van der Waals surface area contributed by atoms with Gasteiger partial charge < -0.3 is 10.1 Å². The molecule has 0 aliphatic carbocycles. The van der Waals surface area contributed by atoms with Gasteiger partial charge in [0.05, 0.1) is 22.2 Å². The van der Waals surface area contributed by atoms with E-state index in [0.29, 0.717) is 37.7 Å². The molecule has 3 aromatic rings. The van der Waals surface area contributed by atoms with Crippen LogP contribution in [0, 0.1) is 27.6 Å². The van der Waals surface area contributed by atoms with Crippen molar-refractivity contribution in [1.29, 1.82) is 10.5 Å². The van der Waals surface area contributed by atoms with E-state index in [1.807, 2.05) is 32.3 Å². The average Bonchev–Trinajstić information content (AvgIpc) is 2.79. The first-order valence-electron chi connectivity index (χ1n) is 9.51. The summed E-state index contributed by atoms with van der Waals surface area (Å²) in [5.41, 5.74) is 3.20. The van der Waals surface area contributed by atoms with E-state index in [4.69, 9.17) is 15.3 Å². The Kier molecular flexibility index (Phi) is 7.38. The van der Waals surface area contributed by atoms with Crippen LogP contribution < -0.4 is 15.5 Å². The van der Waals surface area contributed by atoms with Gasteiger partial charge in [-0.1, -0.05) is 12.9 Å². The Hall–Kier alpha value is -3.95. The van der Waals surface area contributed by atoms with Crippen LogP contribution in [0.1, 0.15) is 11.1 Å². The Morgan fingerprint density at radius 3 is 2.56 bits per heavy atom. The fourth-order valence-corrected chi connectivity index (χ4v) is 3.47. The molecule has 0 saturated carbocycles. The summed E-state index contributed by atoms with van der Waals surface area (Å²) in [5, 5.41) is 20.8. The number of nitroso groups, excluding NO2 is 1. The number of nitrogens with one attached hydrogen (secondary N) is 1. The molecule has 9 heteroatoms.